The zero-order valence-electron chi connectivity index (χ0n) is 16.5. The van der Waals surface area contributed by atoms with Gasteiger partial charge in [0.25, 0.3) is 0 Å². The summed E-state index contributed by atoms with van der Waals surface area (Å²) >= 11 is 0. The number of rotatable bonds is 7. The summed E-state index contributed by atoms with van der Waals surface area (Å²) in [4.78, 5) is 12.3. The average Bonchev–Trinajstić information content (AvgIpc) is 2.74. The molecule has 1 aliphatic rings. The fourth-order valence-corrected chi connectivity index (χ4v) is 4.37. The van der Waals surface area contributed by atoms with Crippen LogP contribution in [0.25, 0.3) is 0 Å². The van der Waals surface area contributed by atoms with Gasteiger partial charge in [-0.1, -0.05) is 36.4 Å². The number of urea groups is 1. The number of hydrogen-bond acceptors (Lipinski definition) is 4. The number of carbonyl (C=O) groups excluding carboxylic acids is 1. The molecule has 0 atom stereocenters. The van der Waals surface area contributed by atoms with Gasteiger partial charge in [0.2, 0.25) is 10.0 Å². The van der Waals surface area contributed by atoms with Gasteiger partial charge in [-0.25, -0.2) is 17.5 Å². The van der Waals surface area contributed by atoms with Crippen LogP contribution in [-0.2, 0) is 16.6 Å². The van der Waals surface area contributed by atoms with Crippen molar-refractivity contribution in [2.45, 2.75) is 32.4 Å². The maximum absolute atomic E-state index is 12.3. The maximum Gasteiger partial charge on any atom is 0.315 e. The molecule has 8 heteroatoms. The standard InChI is InChI=1S/C21H27N3O4S/c1-2-29(26,27)24-14-12-18(13-15-24)23-21(25)22-16-17-8-6-7-11-20(17)28-19-9-4-3-5-10-19/h3-11,18H,2,12-16H2,1H3,(H2,22,23,25). The number of ether oxygens (including phenoxy) is 1. The van der Waals surface area contributed by atoms with E-state index in [1.807, 2.05) is 54.6 Å². The van der Waals surface area contributed by atoms with Gasteiger partial charge in [-0.3, -0.25) is 0 Å². The Bertz CT molecular complexity index is 911. The molecule has 156 valence electrons. The molecule has 0 aliphatic carbocycles. The zero-order valence-corrected chi connectivity index (χ0v) is 17.3. The summed E-state index contributed by atoms with van der Waals surface area (Å²) in [5, 5.41) is 5.80. The van der Waals surface area contributed by atoms with Gasteiger partial charge in [-0.05, 0) is 38.0 Å². The first-order valence-corrected chi connectivity index (χ1v) is 11.4. The molecule has 2 N–H and O–H groups in total. The lowest BCUT2D eigenvalue weighted by molar-refractivity contribution is 0.227. The molecule has 1 heterocycles. The first-order valence-electron chi connectivity index (χ1n) is 9.81. The molecule has 0 radical (unpaired) electrons. The quantitative estimate of drug-likeness (QED) is 0.725. The molecule has 7 nitrogen and oxygen atoms in total. The van der Waals surface area contributed by atoms with Gasteiger partial charge in [-0.2, -0.15) is 0 Å². The van der Waals surface area contributed by atoms with E-state index in [9.17, 15) is 13.2 Å². The van der Waals surface area contributed by atoms with Gasteiger partial charge < -0.3 is 15.4 Å². The predicted octanol–water partition coefficient (Wildman–Crippen LogP) is 3.09. The lowest BCUT2D eigenvalue weighted by Gasteiger charge is -2.31. The maximum atomic E-state index is 12.3. The van der Waals surface area contributed by atoms with E-state index >= 15 is 0 Å². The molecule has 0 saturated carbocycles. The molecule has 29 heavy (non-hydrogen) atoms. The van der Waals surface area contributed by atoms with Crippen molar-refractivity contribution >= 4 is 16.1 Å². The van der Waals surface area contributed by atoms with Crippen molar-refractivity contribution in [2.24, 2.45) is 0 Å². The lowest BCUT2D eigenvalue weighted by Crippen LogP contribution is -2.49. The van der Waals surface area contributed by atoms with E-state index in [4.69, 9.17) is 4.74 Å². The molecule has 2 aromatic rings. The van der Waals surface area contributed by atoms with Gasteiger partial charge in [-0.15, -0.1) is 0 Å². The van der Waals surface area contributed by atoms with E-state index in [1.165, 1.54) is 4.31 Å². The highest BCUT2D eigenvalue weighted by molar-refractivity contribution is 7.89. The van der Waals surface area contributed by atoms with Crippen LogP contribution in [0.15, 0.2) is 54.6 Å². The first kappa shape index (κ1) is 21.1. The number of hydrogen-bond donors (Lipinski definition) is 2. The first-order chi connectivity index (χ1) is 14.0. The van der Waals surface area contributed by atoms with Crippen LogP contribution in [0.3, 0.4) is 0 Å². The summed E-state index contributed by atoms with van der Waals surface area (Å²) in [7, 11) is -3.16. The van der Waals surface area contributed by atoms with Crippen molar-refractivity contribution in [3.63, 3.8) is 0 Å². The van der Waals surface area contributed by atoms with E-state index in [0.717, 1.165) is 11.3 Å². The summed E-state index contributed by atoms with van der Waals surface area (Å²) in [6, 6.07) is 16.7. The number of para-hydroxylation sites is 2. The van der Waals surface area contributed by atoms with E-state index in [0.29, 0.717) is 38.2 Å². The second-order valence-corrected chi connectivity index (χ2v) is 9.18. The van der Waals surface area contributed by atoms with Crippen LogP contribution >= 0.6 is 0 Å². The summed E-state index contributed by atoms with van der Waals surface area (Å²) in [6.07, 6.45) is 1.22. The second kappa shape index (κ2) is 9.76. The summed E-state index contributed by atoms with van der Waals surface area (Å²) in [5.74, 6) is 1.53. The molecular weight excluding hydrogens is 390 g/mol. The Balaban J connectivity index is 1.49. The minimum absolute atomic E-state index is 0.0332. The van der Waals surface area contributed by atoms with Crippen molar-refractivity contribution in [3.8, 4) is 11.5 Å². The zero-order chi connectivity index (χ0) is 20.7. The molecule has 2 amide bonds. The van der Waals surface area contributed by atoms with Crippen LogP contribution in [0.5, 0.6) is 11.5 Å². The highest BCUT2D eigenvalue weighted by atomic mass is 32.2. The molecule has 0 aromatic heterocycles. The van der Waals surface area contributed by atoms with Gasteiger partial charge >= 0.3 is 6.03 Å². The molecule has 2 aromatic carbocycles. The SMILES string of the molecule is CCS(=O)(=O)N1CCC(NC(=O)NCc2ccccc2Oc2ccccc2)CC1. The fourth-order valence-electron chi connectivity index (χ4n) is 3.24. The normalized spacial score (nSPS) is 15.6. The van der Waals surface area contributed by atoms with E-state index in [-0.39, 0.29) is 17.8 Å². The Morgan fingerprint density at radius 2 is 1.72 bits per heavy atom. The smallest absolute Gasteiger partial charge is 0.315 e. The van der Waals surface area contributed by atoms with Crippen LogP contribution in [0.1, 0.15) is 25.3 Å². The molecule has 0 unspecified atom stereocenters. The third kappa shape index (κ3) is 5.95. The Morgan fingerprint density at radius 1 is 1.07 bits per heavy atom. The van der Waals surface area contributed by atoms with Crippen molar-refractivity contribution in [2.75, 3.05) is 18.8 Å². The van der Waals surface area contributed by atoms with Gasteiger partial charge in [0.15, 0.2) is 0 Å². The molecule has 3 rings (SSSR count). The largest absolute Gasteiger partial charge is 0.457 e. The third-order valence-electron chi connectivity index (χ3n) is 4.93. The van der Waals surface area contributed by atoms with Crippen molar-refractivity contribution < 1.29 is 17.9 Å². The van der Waals surface area contributed by atoms with Crippen LogP contribution in [0.2, 0.25) is 0 Å². The number of nitrogens with one attached hydrogen (secondary N) is 2. The van der Waals surface area contributed by atoms with Crippen LogP contribution in [0, 0.1) is 0 Å². The monoisotopic (exact) mass is 417 g/mol. The Kier molecular flexibility index (Phi) is 7.11. The minimum atomic E-state index is -3.16. The van der Waals surface area contributed by atoms with Crippen LogP contribution < -0.4 is 15.4 Å². The van der Waals surface area contributed by atoms with Gasteiger partial charge in [0, 0.05) is 31.2 Å². The van der Waals surface area contributed by atoms with Gasteiger partial charge in [0.1, 0.15) is 11.5 Å². The predicted molar refractivity (Wildman–Crippen MR) is 112 cm³/mol. The summed E-state index contributed by atoms with van der Waals surface area (Å²) in [6.45, 7) is 2.86. The average molecular weight is 418 g/mol. The number of nitrogens with zero attached hydrogens (tertiary/aromatic N) is 1. The Morgan fingerprint density at radius 3 is 2.41 bits per heavy atom. The molecule has 1 aliphatic heterocycles. The topological polar surface area (TPSA) is 87.7 Å². The fraction of sp³-hybridized carbons (Fsp3) is 0.381. The van der Waals surface area contributed by atoms with Crippen LogP contribution in [0.4, 0.5) is 4.79 Å². The van der Waals surface area contributed by atoms with E-state index in [2.05, 4.69) is 10.6 Å². The summed E-state index contributed by atoms with van der Waals surface area (Å²) < 4.78 is 31.3. The molecule has 1 fully saturated rings. The van der Waals surface area contributed by atoms with Crippen molar-refractivity contribution in [1.82, 2.24) is 14.9 Å². The van der Waals surface area contributed by atoms with Crippen molar-refractivity contribution in [3.05, 3.63) is 60.2 Å². The van der Waals surface area contributed by atoms with Gasteiger partial charge in [0.05, 0.1) is 5.75 Å². The number of piperidine rings is 1. The molecule has 0 bridgehead atoms. The summed E-state index contributed by atoms with van der Waals surface area (Å²) in [5.41, 5.74) is 0.871. The van der Waals surface area contributed by atoms with Crippen LogP contribution in [-0.4, -0.2) is 43.6 Å². The number of benzene rings is 2. The highest BCUT2D eigenvalue weighted by Crippen LogP contribution is 2.24. The molecule has 0 spiro atoms. The number of amides is 2. The second-order valence-electron chi connectivity index (χ2n) is 6.92. The van der Waals surface area contributed by atoms with Crippen molar-refractivity contribution in [1.29, 1.82) is 0 Å². The highest BCUT2D eigenvalue weighted by Gasteiger charge is 2.27. The number of carbonyl (C=O) groups is 1. The molecule has 1 saturated heterocycles. The van der Waals surface area contributed by atoms with E-state index < -0.39 is 10.0 Å². The molecular formula is C21H27N3O4S. The number of sulfonamides is 1. The third-order valence-corrected chi connectivity index (χ3v) is 6.81. The Labute approximate surface area is 172 Å². The minimum Gasteiger partial charge on any atom is -0.457 e. The lowest BCUT2D eigenvalue weighted by atomic mass is 10.1. The Hall–Kier alpha value is -2.58. The van der Waals surface area contributed by atoms with E-state index in [1.54, 1.807) is 6.92 Å².